The maximum Gasteiger partial charge on any atom is 0.262 e. The van der Waals surface area contributed by atoms with Crippen LogP contribution in [0.4, 0.5) is 5.69 Å². The second-order valence-electron chi connectivity index (χ2n) is 6.38. The van der Waals surface area contributed by atoms with Gasteiger partial charge in [0.15, 0.2) is 6.61 Å². The van der Waals surface area contributed by atoms with E-state index in [2.05, 4.69) is 31.3 Å². The fourth-order valence-electron chi connectivity index (χ4n) is 2.48. The molecule has 0 bridgehead atoms. The predicted molar refractivity (Wildman–Crippen MR) is 102 cm³/mol. The Morgan fingerprint density at radius 2 is 1.84 bits per heavy atom. The third-order valence-electron chi connectivity index (χ3n) is 3.77. The zero-order valence-electron chi connectivity index (χ0n) is 15.5. The molecule has 1 amide bonds. The van der Waals surface area contributed by atoms with Gasteiger partial charge in [0.05, 0.1) is 12.3 Å². The Labute approximate surface area is 150 Å². The highest BCUT2D eigenvalue weighted by atomic mass is 16.5. The molecule has 0 heterocycles. The van der Waals surface area contributed by atoms with Crippen molar-refractivity contribution in [1.29, 1.82) is 0 Å². The normalized spacial score (nSPS) is 10.6. The first-order chi connectivity index (χ1) is 12.0. The van der Waals surface area contributed by atoms with Crippen molar-refractivity contribution in [3.8, 4) is 11.5 Å². The van der Waals surface area contributed by atoms with E-state index < -0.39 is 0 Å². The Morgan fingerprint density at radius 1 is 1.08 bits per heavy atom. The number of hydrogen-bond acceptors (Lipinski definition) is 3. The van der Waals surface area contributed by atoms with Crippen LogP contribution in [-0.4, -0.2) is 19.1 Å². The number of aryl methyl sites for hydroxylation is 1. The summed E-state index contributed by atoms with van der Waals surface area (Å²) in [5.74, 6) is 1.57. The van der Waals surface area contributed by atoms with Gasteiger partial charge in [0, 0.05) is 0 Å². The molecular weight excluding hydrogens is 314 g/mol. The molecule has 0 atom stereocenters. The van der Waals surface area contributed by atoms with E-state index in [1.807, 2.05) is 44.2 Å². The summed E-state index contributed by atoms with van der Waals surface area (Å²) < 4.78 is 11.4. The number of anilines is 1. The number of benzene rings is 2. The second kappa shape index (κ2) is 9.11. The summed E-state index contributed by atoms with van der Waals surface area (Å²) in [6.45, 7) is 8.86. The monoisotopic (exact) mass is 341 g/mol. The molecule has 0 saturated carbocycles. The summed E-state index contributed by atoms with van der Waals surface area (Å²) in [6.07, 6.45) is 0.913. The molecule has 134 valence electrons. The minimum Gasteiger partial charge on any atom is -0.491 e. The van der Waals surface area contributed by atoms with Crippen molar-refractivity contribution in [3.63, 3.8) is 0 Å². The molecular formula is C21H27NO3. The van der Waals surface area contributed by atoms with Crippen LogP contribution < -0.4 is 14.8 Å². The van der Waals surface area contributed by atoms with E-state index in [9.17, 15) is 4.79 Å². The average Bonchev–Trinajstić information content (AvgIpc) is 2.59. The number of carbonyl (C=O) groups excluding carboxylic acids is 1. The number of para-hydroxylation sites is 2. The first-order valence-electron chi connectivity index (χ1n) is 8.76. The Hall–Kier alpha value is -2.49. The summed E-state index contributed by atoms with van der Waals surface area (Å²) in [5, 5.41) is 2.86. The van der Waals surface area contributed by atoms with Gasteiger partial charge in [-0.15, -0.1) is 0 Å². The lowest BCUT2D eigenvalue weighted by Crippen LogP contribution is -2.21. The Bertz CT molecular complexity index is 710. The smallest absolute Gasteiger partial charge is 0.262 e. The molecule has 0 aliphatic carbocycles. The molecule has 0 radical (unpaired) electrons. The van der Waals surface area contributed by atoms with Gasteiger partial charge in [-0.25, -0.2) is 0 Å². The van der Waals surface area contributed by atoms with Crippen molar-refractivity contribution in [2.45, 2.75) is 40.0 Å². The van der Waals surface area contributed by atoms with Gasteiger partial charge in [-0.05, 0) is 48.6 Å². The van der Waals surface area contributed by atoms with Crippen LogP contribution in [0.3, 0.4) is 0 Å². The predicted octanol–water partition coefficient (Wildman–Crippen LogP) is 4.92. The van der Waals surface area contributed by atoms with Gasteiger partial charge < -0.3 is 14.8 Å². The Kier molecular flexibility index (Phi) is 6.87. The van der Waals surface area contributed by atoms with E-state index in [4.69, 9.17) is 9.47 Å². The molecule has 0 aliphatic heterocycles. The first-order valence-corrected chi connectivity index (χ1v) is 8.76. The lowest BCUT2D eigenvalue weighted by molar-refractivity contribution is -0.118. The number of hydrogen-bond donors (Lipinski definition) is 1. The molecule has 0 aliphatic rings. The quantitative estimate of drug-likeness (QED) is 0.741. The SMILES string of the molecule is CCCOc1ccccc1NC(=O)COc1cc(C)ccc1C(C)C. The van der Waals surface area contributed by atoms with Crippen LogP contribution >= 0.6 is 0 Å². The van der Waals surface area contributed by atoms with Crippen molar-refractivity contribution >= 4 is 11.6 Å². The summed E-state index contributed by atoms with van der Waals surface area (Å²) in [5.41, 5.74) is 2.88. The largest absolute Gasteiger partial charge is 0.491 e. The molecule has 0 fully saturated rings. The van der Waals surface area contributed by atoms with Gasteiger partial charge in [0.25, 0.3) is 5.91 Å². The van der Waals surface area contributed by atoms with E-state index >= 15 is 0 Å². The van der Waals surface area contributed by atoms with Crippen LogP contribution in [0.1, 0.15) is 44.2 Å². The summed E-state index contributed by atoms with van der Waals surface area (Å²) in [6, 6.07) is 13.5. The molecule has 4 nitrogen and oxygen atoms in total. The lowest BCUT2D eigenvalue weighted by atomic mass is 10.0. The van der Waals surface area contributed by atoms with Gasteiger partial charge in [0.2, 0.25) is 0 Å². The average molecular weight is 341 g/mol. The second-order valence-corrected chi connectivity index (χ2v) is 6.38. The standard InChI is InChI=1S/C21H27NO3/c1-5-12-24-19-9-7-6-8-18(19)22-21(23)14-25-20-13-16(4)10-11-17(20)15(2)3/h6-11,13,15H,5,12,14H2,1-4H3,(H,22,23). The molecule has 2 aromatic carbocycles. The van der Waals surface area contributed by atoms with Gasteiger partial charge in [0.1, 0.15) is 11.5 Å². The van der Waals surface area contributed by atoms with Crippen LogP contribution in [0, 0.1) is 6.92 Å². The minimum atomic E-state index is -0.205. The summed E-state index contributed by atoms with van der Waals surface area (Å²) in [7, 11) is 0. The third kappa shape index (κ3) is 5.52. The van der Waals surface area contributed by atoms with Crippen molar-refractivity contribution in [2.75, 3.05) is 18.5 Å². The molecule has 4 heteroatoms. The Balaban J connectivity index is 2.01. The van der Waals surface area contributed by atoms with E-state index in [0.29, 0.717) is 24.0 Å². The van der Waals surface area contributed by atoms with Crippen LogP contribution in [-0.2, 0) is 4.79 Å². The van der Waals surface area contributed by atoms with Crippen LogP contribution in [0.15, 0.2) is 42.5 Å². The molecule has 1 N–H and O–H groups in total. The number of ether oxygens (including phenoxy) is 2. The highest BCUT2D eigenvalue weighted by Crippen LogP contribution is 2.28. The van der Waals surface area contributed by atoms with Crippen molar-refractivity contribution < 1.29 is 14.3 Å². The molecule has 2 rings (SSSR count). The highest BCUT2D eigenvalue weighted by Gasteiger charge is 2.12. The number of rotatable bonds is 8. The number of nitrogens with one attached hydrogen (secondary N) is 1. The molecule has 0 spiro atoms. The zero-order valence-corrected chi connectivity index (χ0v) is 15.5. The molecule has 0 aromatic heterocycles. The first kappa shape index (κ1) is 18.8. The maximum absolute atomic E-state index is 12.3. The molecule has 0 saturated heterocycles. The van der Waals surface area contributed by atoms with Crippen LogP contribution in [0.2, 0.25) is 0 Å². The van der Waals surface area contributed by atoms with Gasteiger partial charge in [-0.2, -0.15) is 0 Å². The van der Waals surface area contributed by atoms with Crippen molar-refractivity contribution in [1.82, 2.24) is 0 Å². The van der Waals surface area contributed by atoms with Gasteiger partial charge in [-0.3, -0.25) is 4.79 Å². The number of amides is 1. The van der Waals surface area contributed by atoms with E-state index in [1.165, 1.54) is 0 Å². The van der Waals surface area contributed by atoms with E-state index in [-0.39, 0.29) is 12.5 Å². The highest BCUT2D eigenvalue weighted by molar-refractivity contribution is 5.93. The van der Waals surface area contributed by atoms with E-state index in [1.54, 1.807) is 0 Å². The lowest BCUT2D eigenvalue weighted by Gasteiger charge is -2.15. The Morgan fingerprint density at radius 3 is 2.56 bits per heavy atom. The molecule has 25 heavy (non-hydrogen) atoms. The topological polar surface area (TPSA) is 47.6 Å². The maximum atomic E-state index is 12.3. The minimum absolute atomic E-state index is 0.0364. The fraction of sp³-hybridized carbons (Fsp3) is 0.381. The van der Waals surface area contributed by atoms with Crippen molar-refractivity contribution in [3.05, 3.63) is 53.6 Å². The zero-order chi connectivity index (χ0) is 18.2. The van der Waals surface area contributed by atoms with Crippen LogP contribution in [0.25, 0.3) is 0 Å². The van der Waals surface area contributed by atoms with Crippen LogP contribution in [0.5, 0.6) is 11.5 Å². The van der Waals surface area contributed by atoms with Gasteiger partial charge in [-0.1, -0.05) is 45.0 Å². The molecule has 2 aromatic rings. The van der Waals surface area contributed by atoms with Gasteiger partial charge >= 0.3 is 0 Å². The van der Waals surface area contributed by atoms with E-state index in [0.717, 1.165) is 23.3 Å². The summed E-state index contributed by atoms with van der Waals surface area (Å²) >= 11 is 0. The van der Waals surface area contributed by atoms with Crippen molar-refractivity contribution in [2.24, 2.45) is 0 Å². The third-order valence-corrected chi connectivity index (χ3v) is 3.77. The summed E-state index contributed by atoms with van der Waals surface area (Å²) in [4.78, 5) is 12.3. The fourth-order valence-corrected chi connectivity index (χ4v) is 2.48. The number of carbonyl (C=O) groups is 1. The molecule has 0 unspecified atom stereocenters.